The van der Waals surface area contributed by atoms with Gasteiger partial charge in [-0.2, -0.15) is 5.10 Å². The van der Waals surface area contributed by atoms with Crippen LogP contribution in [0.3, 0.4) is 0 Å². The summed E-state index contributed by atoms with van der Waals surface area (Å²) in [6, 6.07) is 24.2. The van der Waals surface area contributed by atoms with Crippen LogP contribution in [0.15, 0.2) is 89.5 Å². The van der Waals surface area contributed by atoms with E-state index in [9.17, 15) is 4.79 Å². The van der Waals surface area contributed by atoms with Gasteiger partial charge in [0.15, 0.2) is 5.58 Å². The molecule has 140 valence electrons. The number of aromatic nitrogens is 3. The maximum Gasteiger partial charge on any atom is 0.255 e. The Bertz CT molecular complexity index is 1250. The molecule has 2 aromatic heterocycles. The highest BCUT2D eigenvalue weighted by Crippen LogP contribution is 2.32. The zero-order chi connectivity index (χ0) is 19.6. The van der Waals surface area contributed by atoms with Crippen molar-refractivity contribution >= 4 is 22.7 Å². The second-order valence-corrected chi connectivity index (χ2v) is 6.53. The van der Waals surface area contributed by atoms with Crippen molar-refractivity contribution in [1.82, 2.24) is 15.2 Å². The third-order valence-corrected chi connectivity index (χ3v) is 4.62. The molecule has 0 spiro atoms. The van der Waals surface area contributed by atoms with E-state index < -0.39 is 0 Å². The van der Waals surface area contributed by atoms with Gasteiger partial charge in [-0.3, -0.25) is 9.89 Å². The Hall–Kier alpha value is -4.19. The van der Waals surface area contributed by atoms with Crippen LogP contribution in [-0.4, -0.2) is 21.1 Å². The standard InChI is InChI=1S/C23H16N4O2/c28-22(16-6-2-1-3-7-16)25-17-12-10-15(11-13-17)21-18(14-24-27-21)23-26-19-8-4-5-9-20(19)29-23/h1-14H,(H,24,27)(H,25,28). The smallest absolute Gasteiger partial charge is 0.255 e. The topological polar surface area (TPSA) is 83.8 Å². The number of hydrogen-bond donors (Lipinski definition) is 2. The molecule has 3 aromatic carbocycles. The van der Waals surface area contributed by atoms with E-state index in [1.807, 2.05) is 66.7 Å². The first-order valence-corrected chi connectivity index (χ1v) is 9.14. The highest BCUT2D eigenvalue weighted by atomic mass is 16.3. The van der Waals surface area contributed by atoms with Crippen molar-refractivity contribution in [3.8, 4) is 22.7 Å². The van der Waals surface area contributed by atoms with Crippen molar-refractivity contribution in [1.29, 1.82) is 0 Å². The van der Waals surface area contributed by atoms with Gasteiger partial charge in [-0.05, 0) is 36.4 Å². The van der Waals surface area contributed by atoms with E-state index in [1.54, 1.807) is 18.3 Å². The fourth-order valence-electron chi connectivity index (χ4n) is 3.16. The number of hydrogen-bond acceptors (Lipinski definition) is 4. The van der Waals surface area contributed by atoms with E-state index in [-0.39, 0.29) is 5.91 Å². The number of anilines is 1. The predicted molar refractivity (Wildman–Crippen MR) is 111 cm³/mol. The third kappa shape index (κ3) is 3.27. The van der Waals surface area contributed by atoms with Gasteiger partial charge in [-0.25, -0.2) is 4.98 Å². The minimum atomic E-state index is -0.148. The Kier molecular flexibility index (Phi) is 4.14. The molecule has 0 aliphatic rings. The number of H-pyrrole nitrogens is 1. The molecule has 0 aliphatic heterocycles. The van der Waals surface area contributed by atoms with Gasteiger partial charge in [0.25, 0.3) is 5.91 Å². The zero-order valence-corrected chi connectivity index (χ0v) is 15.3. The Balaban J connectivity index is 1.41. The molecule has 0 fully saturated rings. The number of oxazole rings is 1. The van der Waals surface area contributed by atoms with Crippen LogP contribution in [0.1, 0.15) is 10.4 Å². The van der Waals surface area contributed by atoms with E-state index in [2.05, 4.69) is 20.5 Å². The predicted octanol–water partition coefficient (Wildman–Crippen LogP) is 5.14. The van der Waals surface area contributed by atoms with Gasteiger partial charge < -0.3 is 9.73 Å². The van der Waals surface area contributed by atoms with E-state index in [1.165, 1.54) is 0 Å². The fourth-order valence-corrected chi connectivity index (χ4v) is 3.16. The van der Waals surface area contributed by atoms with Crippen molar-refractivity contribution in [2.24, 2.45) is 0 Å². The van der Waals surface area contributed by atoms with Crippen molar-refractivity contribution in [3.05, 3.63) is 90.6 Å². The number of amides is 1. The number of rotatable bonds is 4. The summed E-state index contributed by atoms with van der Waals surface area (Å²) in [7, 11) is 0. The van der Waals surface area contributed by atoms with E-state index in [4.69, 9.17) is 4.42 Å². The van der Waals surface area contributed by atoms with Crippen LogP contribution >= 0.6 is 0 Å². The molecule has 0 saturated carbocycles. The highest BCUT2D eigenvalue weighted by Gasteiger charge is 2.16. The molecule has 29 heavy (non-hydrogen) atoms. The molecule has 0 atom stereocenters. The summed E-state index contributed by atoms with van der Waals surface area (Å²) in [4.78, 5) is 16.9. The lowest BCUT2D eigenvalue weighted by atomic mass is 10.1. The zero-order valence-electron chi connectivity index (χ0n) is 15.3. The number of nitrogens with zero attached hydrogens (tertiary/aromatic N) is 2. The van der Waals surface area contributed by atoms with Gasteiger partial charge in [0, 0.05) is 23.0 Å². The molecule has 0 saturated heterocycles. The molecule has 0 aliphatic carbocycles. The molecule has 0 bridgehead atoms. The Labute approximate surface area is 166 Å². The fraction of sp³-hybridized carbons (Fsp3) is 0. The number of carbonyl (C=O) groups is 1. The summed E-state index contributed by atoms with van der Waals surface area (Å²) in [5.41, 5.74) is 5.26. The molecule has 2 N–H and O–H groups in total. The average Bonchev–Trinajstić information content (AvgIpc) is 3.42. The van der Waals surface area contributed by atoms with Crippen molar-refractivity contribution in [3.63, 3.8) is 0 Å². The van der Waals surface area contributed by atoms with Gasteiger partial charge in [-0.15, -0.1) is 0 Å². The molecule has 0 unspecified atom stereocenters. The van der Waals surface area contributed by atoms with Gasteiger partial charge in [0.2, 0.25) is 5.89 Å². The van der Waals surface area contributed by atoms with Gasteiger partial charge in [-0.1, -0.05) is 42.5 Å². The first-order chi connectivity index (χ1) is 14.3. The largest absolute Gasteiger partial charge is 0.436 e. The van der Waals surface area contributed by atoms with Crippen molar-refractivity contribution in [2.75, 3.05) is 5.32 Å². The van der Waals surface area contributed by atoms with Crippen molar-refractivity contribution in [2.45, 2.75) is 0 Å². The van der Waals surface area contributed by atoms with E-state index in [0.29, 0.717) is 17.1 Å². The average molecular weight is 380 g/mol. The Morgan fingerprint density at radius 1 is 0.897 bits per heavy atom. The van der Waals surface area contributed by atoms with Crippen LogP contribution in [0.2, 0.25) is 0 Å². The molecule has 5 aromatic rings. The summed E-state index contributed by atoms with van der Waals surface area (Å²) in [6.07, 6.45) is 1.77. The molecule has 6 nitrogen and oxygen atoms in total. The molecule has 0 radical (unpaired) electrons. The number of aromatic amines is 1. The molecular weight excluding hydrogens is 364 g/mol. The second-order valence-electron chi connectivity index (χ2n) is 6.53. The minimum Gasteiger partial charge on any atom is -0.436 e. The van der Waals surface area contributed by atoms with Gasteiger partial charge >= 0.3 is 0 Å². The number of fused-ring (bicyclic) bond motifs is 1. The first kappa shape index (κ1) is 16.9. The molecule has 5 rings (SSSR count). The van der Waals surface area contributed by atoms with Gasteiger partial charge in [0.05, 0.1) is 5.56 Å². The maximum atomic E-state index is 12.3. The highest BCUT2D eigenvalue weighted by molar-refractivity contribution is 6.04. The van der Waals surface area contributed by atoms with Crippen LogP contribution in [0.5, 0.6) is 0 Å². The van der Waals surface area contributed by atoms with Crippen LogP contribution in [0, 0.1) is 0 Å². The quantitative estimate of drug-likeness (QED) is 0.452. The number of carbonyl (C=O) groups excluding carboxylic acids is 1. The summed E-state index contributed by atoms with van der Waals surface area (Å²) in [6.45, 7) is 0. The summed E-state index contributed by atoms with van der Waals surface area (Å²) in [5, 5.41) is 10.1. The number of nitrogens with one attached hydrogen (secondary N) is 2. The SMILES string of the molecule is O=C(Nc1ccc(-c2n[nH]cc2-c2nc3ccccc3o2)cc1)c1ccccc1. The normalized spacial score (nSPS) is 10.9. The summed E-state index contributed by atoms with van der Waals surface area (Å²) < 4.78 is 5.87. The first-order valence-electron chi connectivity index (χ1n) is 9.14. The lowest BCUT2D eigenvalue weighted by Crippen LogP contribution is -2.11. The van der Waals surface area contributed by atoms with Crippen LogP contribution in [0.25, 0.3) is 33.8 Å². The number of para-hydroxylation sites is 2. The van der Waals surface area contributed by atoms with E-state index >= 15 is 0 Å². The van der Waals surface area contributed by atoms with Crippen LogP contribution < -0.4 is 5.32 Å². The monoisotopic (exact) mass is 380 g/mol. The Morgan fingerprint density at radius 2 is 1.66 bits per heavy atom. The lowest BCUT2D eigenvalue weighted by Gasteiger charge is -2.06. The third-order valence-electron chi connectivity index (χ3n) is 4.62. The van der Waals surface area contributed by atoms with E-state index in [0.717, 1.165) is 27.9 Å². The minimum absolute atomic E-state index is 0.148. The Morgan fingerprint density at radius 3 is 2.45 bits per heavy atom. The van der Waals surface area contributed by atoms with Gasteiger partial charge in [0.1, 0.15) is 11.2 Å². The lowest BCUT2D eigenvalue weighted by molar-refractivity contribution is 0.102. The summed E-state index contributed by atoms with van der Waals surface area (Å²) >= 11 is 0. The molecule has 1 amide bonds. The molecule has 6 heteroatoms. The number of benzene rings is 3. The second kappa shape index (κ2) is 7.09. The summed E-state index contributed by atoms with van der Waals surface area (Å²) in [5.74, 6) is 0.363. The van der Waals surface area contributed by atoms with Crippen LogP contribution in [-0.2, 0) is 0 Å². The maximum absolute atomic E-state index is 12.3. The van der Waals surface area contributed by atoms with Crippen LogP contribution in [0.4, 0.5) is 5.69 Å². The van der Waals surface area contributed by atoms with Crippen molar-refractivity contribution < 1.29 is 9.21 Å². The molecular formula is C23H16N4O2. The molecule has 2 heterocycles.